The molecule has 0 aliphatic carbocycles. The van der Waals surface area contributed by atoms with Crippen LogP contribution in [-0.2, 0) is 11.3 Å². The average molecular weight is 283 g/mol. The van der Waals surface area contributed by atoms with Crippen molar-refractivity contribution < 1.29 is 4.74 Å². The number of ether oxygens (including phenoxy) is 1. The number of hydrogen-bond acceptors (Lipinski definition) is 4. The van der Waals surface area contributed by atoms with E-state index in [1.165, 1.54) is 25.0 Å². The predicted molar refractivity (Wildman–Crippen MR) is 82.0 cm³/mol. The summed E-state index contributed by atoms with van der Waals surface area (Å²) in [4.78, 5) is 4.58. The maximum atomic E-state index is 5.07. The van der Waals surface area contributed by atoms with Crippen molar-refractivity contribution in [3.05, 3.63) is 11.9 Å². The lowest BCUT2D eigenvalue weighted by atomic mass is 10.2. The fourth-order valence-corrected chi connectivity index (χ4v) is 3.72. The third kappa shape index (κ3) is 4.73. The molecule has 1 aliphatic rings. The van der Waals surface area contributed by atoms with Crippen LogP contribution in [0.4, 0.5) is 5.95 Å². The van der Waals surface area contributed by atoms with Crippen molar-refractivity contribution in [3.63, 3.8) is 0 Å². The molecule has 0 radical (unpaired) electrons. The predicted octanol–water partition coefficient (Wildman–Crippen LogP) is 2.93. The Morgan fingerprint density at radius 2 is 2.42 bits per heavy atom. The van der Waals surface area contributed by atoms with Crippen molar-refractivity contribution in [2.75, 3.05) is 31.3 Å². The highest BCUT2D eigenvalue weighted by Crippen LogP contribution is 2.27. The molecule has 1 aromatic heterocycles. The second-order valence-electron chi connectivity index (χ2n) is 5.12. The highest BCUT2D eigenvalue weighted by atomic mass is 32.2. The van der Waals surface area contributed by atoms with E-state index in [4.69, 9.17) is 4.74 Å². The van der Waals surface area contributed by atoms with Crippen LogP contribution >= 0.6 is 11.8 Å². The van der Waals surface area contributed by atoms with Crippen molar-refractivity contribution in [3.8, 4) is 0 Å². The van der Waals surface area contributed by atoms with Gasteiger partial charge in [-0.25, -0.2) is 4.98 Å². The molecule has 0 saturated carbocycles. The Hall–Kier alpha value is -0.680. The number of anilines is 1. The normalized spacial score (nSPS) is 19.6. The topological polar surface area (TPSA) is 39.1 Å². The largest absolute Gasteiger partial charge is 0.385 e. The molecule has 2 heterocycles. The molecule has 4 nitrogen and oxygen atoms in total. The molecular weight excluding hydrogens is 258 g/mol. The van der Waals surface area contributed by atoms with Gasteiger partial charge in [0.25, 0.3) is 0 Å². The molecular formula is C14H25N3OS. The summed E-state index contributed by atoms with van der Waals surface area (Å²) >= 11 is 2.11. The third-order valence-electron chi connectivity index (χ3n) is 3.38. The average Bonchev–Trinajstić information content (AvgIpc) is 2.76. The van der Waals surface area contributed by atoms with E-state index in [0.717, 1.165) is 43.0 Å². The van der Waals surface area contributed by atoms with Crippen LogP contribution in [-0.4, -0.2) is 40.8 Å². The summed E-state index contributed by atoms with van der Waals surface area (Å²) in [6.07, 6.45) is 7.27. The van der Waals surface area contributed by atoms with E-state index in [-0.39, 0.29) is 0 Å². The van der Waals surface area contributed by atoms with Crippen LogP contribution in [0.5, 0.6) is 0 Å². The first-order chi connectivity index (χ1) is 9.29. The number of rotatable bonds is 7. The molecule has 1 aromatic rings. The highest BCUT2D eigenvalue weighted by Gasteiger charge is 2.16. The number of thioether (sulfide) groups is 1. The van der Waals surface area contributed by atoms with E-state index in [1.54, 1.807) is 7.11 Å². The summed E-state index contributed by atoms with van der Waals surface area (Å²) in [5.74, 6) is 2.33. The molecule has 1 atom stereocenters. The first-order valence-corrected chi connectivity index (χ1v) is 8.22. The number of aryl methyl sites for hydroxylation is 1. The van der Waals surface area contributed by atoms with Crippen molar-refractivity contribution >= 4 is 17.7 Å². The minimum atomic E-state index is 0.752. The summed E-state index contributed by atoms with van der Waals surface area (Å²) in [7, 11) is 1.74. The van der Waals surface area contributed by atoms with E-state index in [9.17, 15) is 0 Å². The molecule has 0 spiro atoms. The zero-order valence-corrected chi connectivity index (χ0v) is 12.8. The summed E-state index contributed by atoms with van der Waals surface area (Å²) in [5.41, 5.74) is 1.09. The number of aromatic nitrogens is 2. The van der Waals surface area contributed by atoms with E-state index in [1.807, 2.05) is 0 Å². The van der Waals surface area contributed by atoms with Gasteiger partial charge < -0.3 is 14.6 Å². The van der Waals surface area contributed by atoms with Gasteiger partial charge in [0.05, 0.1) is 5.69 Å². The quantitative estimate of drug-likeness (QED) is 0.781. The fraction of sp³-hybridized carbons (Fsp3) is 0.786. The van der Waals surface area contributed by atoms with E-state index >= 15 is 0 Å². The Labute approximate surface area is 120 Å². The van der Waals surface area contributed by atoms with Gasteiger partial charge in [0.2, 0.25) is 5.95 Å². The molecule has 0 bridgehead atoms. The van der Waals surface area contributed by atoms with Crippen LogP contribution in [0.2, 0.25) is 0 Å². The maximum absolute atomic E-state index is 5.07. The van der Waals surface area contributed by atoms with Gasteiger partial charge >= 0.3 is 0 Å². The molecule has 0 aromatic carbocycles. The van der Waals surface area contributed by atoms with Gasteiger partial charge in [-0.05, 0) is 31.9 Å². The van der Waals surface area contributed by atoms with Crippen molar-refractivity contribution in [1.82, 2.24) is 9.55 Å². The van der Waals surface area contributed by atoms with Gasteiger partial charge in [0.1, 0.15) is 0 Å². The van der Waals surface area contributed by atoms with Crippen molar-refractivity contribution in [2.24, 2.45) is 0 Å². The summed E-state index contributed by atoms with van der Waals surface area (Å²) in [6.45, 7) is 4.86. The van der Waals surface area contributed by atoms with Crippen LogP contribution in [0.3, 0.4) is 0 Å². The third-order valence-corrected chi connectivity index (χ3v) is 4.76. The Bertz CT molecular complexity index is 375. The summed E-state index contributed by atoms with van der Waals surface area (Å²) < 4.78 is 7.35. The zero-order chi connectivity index (χ0) is 13.5. The Balaban J connectivity index is 1.87. The monoisotopic (exact) mass is 283 g/mol. The Morgan fingerprint density at radius 3 is 3.16 bits per heavy atom. The smallest absolute Gasteiger partial charge is 0.203 e. The van der Waals surface area contributed by atoms with Gasteiger partial charge in [-0.2, -0.15) is 11.8 Å². The standard InChI is InChI=1S/C14H25N3OS/c1-12-10-17(11-13-6-3-4-9-19-13)14(16-12)15-7-5-8-18-2/h10,13H,3-9,11H2,1-2H3,(H,15,16). The van der Waals surface area contributed by atoms with Gasteiger partial charge in [-0.1, -0.05) is 6.42 Å². The lowest BCUT2D eigenvalue weighted by Crippen LogP contribution is -2.18. The lowest BCUT2D eigenvalue weighted by molar-refractivity contribution is 0.197. The number of nitrogens with zero attached hydrogens (tertiary/aromatic N) is 2. The molecule has 5 heteroatoms. The molecule has 108 valence electrons. The van der Waals surface area contributed by atoms with Gasteiger partial charge in [0.15, 0.2) is 0 Å². The second-order valence-corrected chi connectivity index (χ2v) is 6.53. The molecule has 0 amide bonds. The minimum absolute atomic E-state index is 0.752. The highest BCUT2D eigenvalue weighted by molar-refractivity contribution is 7.99. The Kier molecular flexibility index (Phi) is 6.04. The maximum Gasteiger partial charge on any atom is 0.203 e. The van der Waals surface area contributed by atoms with Crippen LogP contribution in [0.25, 0.3) is 0 Å². The zero-order valence-electron chi connectivity index (χ0n) is 12.0. The van der Waals surface area contributed by atoms with E-state index in [0.29, 0.717) is 0 Å². The molecule has 1 saturated heterocycles. The van der Waals surface area contributed by atoms with Gasteiger partial charge in [0, 0.05) is 38.3 Å². The van der Waals surface area contributed by atoms with E-state index in [2.05, 4.69) is 39.8 Å². The SMILES string of the molecule is COCCCNc1nc(C)cn1CC1CCCCS1. The number of nitrogens with one attached hydrogen (secondary N) is 1. The number of methoxy groups -OCH3 is 1. The van der Waals surface area contributed by atoms with Crippen LogP contribution in [0, 0.1) is 6.92 Å². The lowest BCUT2D eigenvalue weighted by Gasteiger charge is -2.22. The number of imidazole rings is 1. The van der Waals surface area contributed by atoms with Crippen LogP contribution in [0.15, 0.2) is 6.20 Å². The first kappa shape index (κ1) is 14.7. The number of hydrogen-bond donors (Lipinski definition) is 1. The summed E-state index contributed by atoms with van der Waals surface area (Å²) in [6, 6.07) is 0. The van der Waals surface area contributed by atoms with Crippen LogP contribution < -0.4 is 5.32 Å². The van der Waals surface area contributed by atoms with Crippen molar-refractivity contribution in [2.45, 2.75) is 44.4 Å². The van der Waals surface area contributed by atoms with Gasteiger partial charge in [-0.15, -0.1) is 0 Å². The minimum Gasteiger partial charge on any atom is -0.385 e. The molecule has 19 heavy (non-hydrogen) atoms. The molecule has 1 aliphatic heterocycles. The molecule has 2 rings (SSSR count). The van der Waals surface area contributed by atoms with Gasteiger partial charge in [-0.3, -0.25) is 0 Å². The molecule has 1 N–H and O–H groups in total. The summed E-state index contributed by atoms with van der Waals surface area (Å²) in [5, 5.41) is 4.17. The molecule has 1 unspecified atom stereocenters. The fourth-order valence-electron chi connectivity index (χ4n) is 2.41. The van der Waals surface area contributed by atoms with Crippen LogP contribution in [0.1, 0.15) is 31.4 Å². The molecule has 1 fully saturated rings. The van der Waals surface area contributed by atoms with Crippen molar-refractivity contribution in [1.29, 1.82) is 0 Å². The first-order valence-electron chi connectivity index (χ1n) is 7.18. The Morgan fingerprint density at radius 1 is 1.53 bits per heavy atom. The van der Waals surface area contributed by atoms with E-state index < -0.39 is 0 Å². The second kappa shape index (κ2) is 7.80.